The highest BCUT2D eigenvalue weighted by molar-refractivity contribution is 7.92. The molecule has 0 unspecified atom stereocenters. The first kappa shape index (κ1) is 26.2. The highest BCUT2D eigenvalue weighted by Gasteiger charge is 2.32. The Labute approximate surface area is 211 Å². The molecular formula is C26H28ClN3O4S. The minimum atomic E-state index is -4.09. The van der Waals surface area contributed by atoms with Crippen LogP contribution >= 0.6 is 11.6 Å². The SMILES string of the molecule is CNC(=O)[C@@H](C)N(CCc1ccccc1)C(=O)CN(c1ccccc1)S(=O)(=O)c1ccc(Cl)cc1. The molecule has 0 radical (unpaired) electrons. The van der Waals surface area contributed by atoms with Crippen LogP contribution in [0.5, 0.6) is 0 Å². The van der Waals surface area contributed by atoms with Gasteiger partial charge in [0.1, 0.15) is 12.6 Å². The third-order valence-electron chi connectivity index (χ3n) is 5.62. The van der Waals surface area contributed by atoms with E-state index < -0.39 is 28.5 Å². The number of nitrogens with one attached hydrogen (secondary N) is 1. The molecule has 3 rings (SSSR count). The molecule has 0 fully saturated rings. The molecule has 0 bridgehead atoms. The highest BCUT2D eigenvalue weighted by atomic mass is 35.5. The quantitative estimate of drug-likeness (QED) is 0.447. The van der Waals surface area contributed by atoms with Crippen molar-refractivity contribution in [2.45, 2.75) is 24.3 Å². The maximum absolute atomic E-state index is 13.6. The van der Waals surface area contributed by atoms with Gasteiger partial charge in [0.25, 0.3) is 10.0 Å². The molecule has 0 aliphatic carbocycles. The minimum Gasteiger partial charge on any atom is -0.357 e. The number of carbonyl (C=O) groups excluding carboxylic acids is 2. The molecule has 184 valence electrons. The van der Waals surface area contributed by atoms with E-state index in [1.165, 1.54) is 36.2 Å². The molecule has 1 atom stereocenters. The average molecular weight is 514 g/mol. The summed E-state index contributed by atoms with van der Waals surface area (Å²) in [4.78, 5) is 27.4. The summed E-state index contributed by atoms with van der Waals surface area (Å²) in [5.41, 5.74) is 1.34. The molecule has 2 amide bonds. The molecule has 7 nitrogen and oxygen atoms in total. The largest absolute Gasteiger partial charge is 0.357 e. The van der Waals surface area contributed by atoms with Gasteiger partial charge in [-0.2, -0.15) is 0 Å². The number of benzene rings is 3. The number of carbonyl (C=O) groups is 2. The molecule has 0 spiro atoms. The Morgan fingerprint density at radius 1 is 0.914 bits per heavy atom. The molecule has 1 N–H and O–H groups in total. The Kier molecular flexibility index (Phi) is 8.89. The van der Waals surface area contributed by atoms with Gasteiger partial charge < -0.3 is 10.2 Å². The summed E-state index contributed by atoms with van der Waals surface area (Å²) in [5, 5.41) is 2.97. The topological polar surface area (TPSA) is 86.8 Å². The fourth-order valence-electron chi connectivity index (χ4n) is 3.64. The van der Waals surface area contributed by atoms with Crippen molar-refractivity contribution in [2.75, 3.05) is 24.4 Å². The number of rotatable bonds is 10. The lowest BCUT2D eigenvalue weighted by Gasteiger charge is -2.31. The van der Waals surface area contributed by atoms with Crippen LogP contribution in [-0.4, -0.2) is 51.3 Å². The Morgan fingerprint density at radius 2 is 1.49 bits per heavy atom. The van der Waals surface area contributed by atoms with E-state index in [1.807, 2.05) is 30.3 Å². The fraction of sp³-hybridized carbons (Fsp3) is 0.231. The van der Waals surface area contributed by atoms with Gasteiger partial charge in [-0.3, -0.25) is 13.9 Å². The Morgan fingerprint density at radius 3 is 2.06 bits per heavy atom. The van der Waals surface area contributed by atoms with E-state index in [0.29, 0.717) is 17.1 Å². The Hall–Kier alpha value is -3.36. The van der Waals surface area contributed by atoms with Gasteiger partial charge in [-0.05, 0) is 55.3 Å². The van der Waals surface area contributed by atoms with Gasteiger partial charge in [-0.15, -0.1) is 0 Å². The lowest BCUT2D eigenvalue weighted by atomic mass is 10.1. The number of halogens is 1. The van der Waals surface area contributed by atoms with Crippen molar-refractivity contribution < 1.29 is 18.0 Å². The first-order chi connectivity index (χ1) is 16.7. The van der Waals surface area contributed by atoms with Crippen LogP contribution in [0.1, 0.15) is 12.5 Å². The molecule has 9 heteroatoms. The lowest BCUT2D eigenvalue weighted by molar-refractivity contribution is -0.138. The lowest BCUT2D eigenvalue weighted by Crippen LogP contribution is -2.51. The smallest absolute Gasteiger partial charge is 0.264 e. The maximum Gasteiger partial charge on any atom is 0.264 e. The van der Waals surface area contributed by atoms with Crippen molar-refractivity contribution in [1.29, 1.82) is 0 Å². The molecule has 0 aliphatic heterocycles. The molecule has 0 heterocycles. The van der Waals surface area contributed by atoms with E-state index in [-0.39, 0.29) is 17.3 Å². The summed E-state index contributed by atoms with van der Waals surface area (Å²) in [6.07, 6.45) is 0.517. The second-order valence-corrected chi connectivity index (χ2v) is 10.2. The van der Waals surface area contributed by atoms with Gasteiger partial charge in [-0.25, -0.2) is 8.42 Å². The second-order valence-electron chi connectivity index (χ2n) is 7.91. The standard InChI is InChI=1S/C26H28ClN3O4S/c1-20(26(32)28-2)29(18-17-21-9-5-3-6-10-21)25(31)19-30(23-11-7-4-8-12-23)35(33,34)24-15-13-22(27)14-16-24/h3-16,20H,17-19H2,1-2H3,(H,28,32)/t20-/m1/s1. The summed E-state index contributed by atoms with van der Waals surface area (Å²) >= 11 is 5.94. The van der Waals surface area contributed by atoms with Gasteiger partial charge in [0.05, 0.1) is 10.6 Å². The van der Waals surface area contributed by atoms with Crippen LogP contribution in [0.4, 0.5) is 5.69 Å². The van der Waals surface area contributed by atoms with Crippen molar-refractivity contribution >= 4 is 39.1 Å². The van der Waals surface area contributed by atoms with Crippen LogP contribution in [0.15, 0.2) is 89.8 Å². The molecule has 0 aromatic heterocycles. The van der Waals surface area contributed by atoms with Crippen molar-refractivity contribution in [2.24, 2.45) is 0 Å². The molecular weight excluding hydrogens is 486 g/mol. The van der Waals surface area contributed by atoms with Crippen molar-refractivity contribution in [3.63, 3.8) is 0 Å². The number of likely N-dealkylation sites (N-methyl/N-ethyl adjacent to an activating group) is 1. The van der Waals surface area contributed by atoms with Gasteiger partial charge >= 0.3 is 0 Å². The number of anilines is 1. The van der Waals surface area contributed by atoms with Gasteiger partial charge in [0.15, 0.2) is 0 Å². The van der Waals surface area contributed by atoms with Gasteiger partial charge in [0, 0.05) is 18.6 Å². The summed E-state index contributed by atoms with van der Waals surface area (Å²) in [6.45, 7) is 1.41. The first-order valence-corrected chi connectivity index (χ1v) is 12.9. The predicted molar refractivity (Wildman–Crippen MR) is 138 cm³/mol. The average Bonchev–Trinajstić information content (AvgIpc) is 2.88. The maximum atomic E-state index is 13.6. The van der Waals surface area contributed by atoms with Gasteiger partial charge in [-0.1, -0.05) is 60.1 Å². The zero-order valence-electron chi connectivity index (χ0n) is 19.6. The molecule has 35 heavy (non-hydrogen) atoms. The van der Waals surface area contributed by atoms with Gasteiger partial charge in [0.2, 0.25) is 11.8 Å². The van der Waals surface area contributed by atoms with E-state index in [2.05, 4.69) is 5.32 Å². The molecule has 0 saturated carbocycles. The molecule has 3 aromatic carbocycles. The summed E-state index contributed by atoms with van der Waals surface area (Å²) < 4.78 is 28.2. The summed E-state index contributed by atoms with van der Waals surface area (Å²) in [7, 11) is -2.59. The van der Waals surface area contributed by atoms with Crippen LogP contribution in [0.3, 0.4) is 0 Å². The Balaban J connectivity index is 1.94. The third-order valence-corrected chi connectivity index (χ3v) is 7.66. The number of hydrogen-bond acceptors (Lipinski definition) is 4. The molecule has 0 saturated heterocycles. The van der Waals surface area contributed by atoms with Crippen LogP contribution in [0.25, 0.3) is 0 Å². The van der Waals surface area contributed by atoms with E-state index in [1.54, 1.807) is 37.3 Å². The van der Waals surface area contributed by atoms with E-state index in [9.17, 15) is 18.0 Å². The van der Waals surface area contributed by atoms with Crippen molar-refractivity contribution in [1.82, 2.24) is 10.2 Å². The van der Waals surface area contributed by atoms with E-state index in [4.69, 9.17) is 11.6 Å². The van der Waals surface area contributed by atoms with Crippen LogP contribution in [-0.2, 0) is 26.0 Å². The third kappa shape index (κ3) is 6.61. The Bertz CT molecular complexity index is 1240. The van der Waals surface area contributed by atoms with Crippen molar-refractivity contribution in [3.05, 3.63) is 95.5 Å². The fourth-order valence-corrected chi connectivity index (χ4v) is 5.18. The van der Waals surface area contributed by atoms with Crippen molar-refractivity contribution in [3.8, 4) is 0 Å². The number of hydrogen-bond donors (Lipinski definition) is 1. The highest BCUT2D eigenvalue weighted by Crippen LogP contribution is 2.25. The first-order valence-electron chi connectivity index (χ1n) is 11.1. The summed E-state index contributed by atoms with van der Waals surface area (Å²) in [5.74, 6) is -0.823. The normalized spacial score (nSPS) is 12.0. The summed E-state index contributed by atoms with van der Waals surface area (Å²) in [6, 6.07) is 23.0. The number of nitrogens with zero attached hydrogens (tertiary/aromatic N) is 2. The van der Waals surface area contributed by atoms with E-state index >= 15 is 0 Å². The zero-order valence-corrected chi connectivity index (χ0v) is 21.2. The number of sulfonamides is 1. The monoisotopic (exact) mass is 513 g/mol. The van der Waals surface area contributed by atoms with Crippen LogP contribution in [0.2, 0.25) is 5.02 Å². The minimum absolute atomic E-state index is 0.00809. The zero-order chi connectivity index (χ0) is 25.4. The number of amides is 2. The van der Waals surface area contributed by atoms with Crippen LogP contribution < -0.4 is 9.62 Å². The molecule has 3 aromatic rings. The second kappa shape index (κ2) is 11.9. The predicted octanol–water partition coefficient (Wildman–Crippen LogP) is 3.74. The number of para-hydroxylation sites is 1. The van der Waals surface area contributed by atoms with Crippen LogP contribution in [0, 0.1) is 0 Å². The molecule has 0 aliphatic rings. The van der Waals surface area contributed by atoms with E-state index in [0.717, 1.165) is 9.87 Å².